The summed E-state index contributed by atoms with van der Waals surface area (Å²) in [4.78, 5) is 22.3. The Kier molecular flexibility index (Phi) is 4.59. The number of aryl methyl sites for hydroxylation is 2. The van der Waals surface area contributed by atoms with Crippen molar-refractivity contribution in [3.8, 4) is 17.2 Å². The zero-order chi connectivity index (χ0) is 18.0. The number of nitrogens with zero attached hydrogens (tertiary/aromatic N) is 2. The van der Waals surface area contributed by atoms with Gasteiger partial charge in [0.25, 0.3) is 5.69 Å². The maximum atomic E-state index is 11.1. The molecule has 0 atom stereocenters. The number of hydrogen-bond donors (Lipinski definition) is 2. The highest BCUT2D eigenvalue weighted by Crippen LogP contribution is 2.35. The minimum Gasteiger partial charge on any atom is -0.508 e. The van der Waals surface area contributed by atoms with Crippen LogP contribution in [0.15, 0.2) is 30.3 Å². The molecule has 2 aromatic carbocycles. The predicted octanol–water partition coefficient (Wildman–Crippen LogP) is 3.82. The van der Waals surface area contributed by atoms with Crippen molar-refractivity contribution < 1.29 is 24.7 Å². The second-order valence-corrected chi connectivity index (χ2v) is 5.26. The van der Waals surface area contributed by atoms with Crippen molar-refractivity contribution in [3.63, 3.8) is 0 Å². The lowest BCUT2D eigenvalue weighted by Crippen LogP contribution is -2.24. The van der Waals surface area contributed by atoms with Gasteiger partial charge in [0.2, 0.25) is 0 Å². The first kappa shape index (κ1) is 17.1. The Hall–Kier alpha value is -3.29. The van der Waals surface area contributed by atoms with Crippen LogP contribution >= 0.6 is 0 Å². The maximum Gasteiger partial charge on any atom is 0.411 e. The Bertz CT molecular complexity index is 818. The summed E-state index contributed by atoms with van der Waals surface area (Å²) >= 11 is 0. The number of carbonyl (C=O) groups is 1. The number of nitro groups is 1. The smallest absolute Gasteiger partial charge is 0.411 e. The molecule has 2 aromatic rings. The van der Waals surface area contributed by atoms with Gasteiger partial charge in [0.1, 0.15) is 22.9 Å². The summed E-state index contributed by atoms with van der Waals surface area (Å²) in [6.45, 7) is 3.45. The lowest BCUT2D eigenvalue weighted by atomic mass is 10.1. The summed E-state index contributed by atoms with van der Waals surface area (Å²) < 4.78 is 5.70. The van der Waals surface area contributed by atoms with Crippen molar-refractivity contribution in [2.75, 3.05) is 11.9 Å². The summed E-state index contributed by atoms with van der Waals surface area (Å²) in [6, 6.07) is 7.03. The number of anilines is 1. The molecule has 0 aliphatic heterocycles. The van der Waals surface area contributed by atoms with Crippen LogP contribution in [0.2, 0.25) is 0 Å². The number of carboxylic acid groups (broad SMARTS) is 1. The molecule has 0 aliphatic rings. The molecule has 0 unspecified atom stereocenters. The van der Waals surface area contributed by atoms with Gasteiger partial charge < -0.3 is 14.9 Å². The van der Waals surface area contributed by atoms with Crippen LogP contribution in [0.1, 0.15) is 11.1 Å². The van der Waals surface area contributed by atoms with Crippen molar-refractivity contribution >= 4 is 17.5 Å². The van der Waals surface area contributed by atoms with E-state index in [1.165, 1.54) is 25.2 Å². The zero-order valence-corrected chi connectivity index (χ0v) is 13.3. The second-order valence-electron chi connectivity index (χ2n) is 5.26. The van der Waals surface area contributed by atoms with Crippen molar-refractivity contribution in [2.24, 2.45) is 0 Å². The highest BCUT2D eigenvalue weighted by Gasteiger charge is 2.22. The lowest BCUT2D eigenvalue weighted by Gasteiger charge is -2.15. The van der Waals surface area contributed by atoms with E-state index in [0.29, 0.717) is 16.9 Å². The van der Waals surface area contributed by atoms with E-state index in [0.717, 1.165) is 4.90 Å². The first-order valence-electron chi connectivity index (χ1n) is 6.94. The first-order valence-corrected chi connectivity index (χ1v) is 6.94. The van der Waals surface area contributed by atoms with Gasteiger partial charge in [-0.25, -0.2) is 4.79 Å². The van der Waals surface area contributed by atoms with E-state index in [1.807, 2.05) is 0 Å². The third-order valence-corrected chi connectivity index (χ3v) is 3.51. The monoisotopic (exact) mass is 332 g/mol. The third-order valence-electron chi connectivity index (χ3n) is 3.51. The molecule has 0 saturated carbocycles. The van der Waals surface area contributed by atoms with E-state index in [2.05, 4.69) is 0 Å². The Balaban J connectivity index is 2.45. The van der Waals surface area contributed by atoms with Crippen LogP contribution in [0.3, 0.4) is 0 Å². The van der Waals surface area contributed by atoms with Gasteiger partial charge in [0.05, 0.1) is 4.92 Å². The molecule has 2 rings (SSSR count). The molecule has 2 N–H and O–H groups in total. The highest BCUT2D eigenvalue weighted by molar-refractivity contribution is 5.89. The topological polar surface area (TPSA) is 113 Å². The molecule has 8 nitrogen and oxygen atoms in total. The molecule has 0 heterocycles. The highest BCUT2D eigenvalue weighted by atomic mass is 16.6. The SMILES string of the molecule is Cc1cc(Oc2ccc([N+](=O)[O-])c(N(C)C(=O)O)c2)c(C)cc1O. The number of benzene rings is 2. The van der Waals surface area contributed by atoms with E-state index in [1.54, 1.807) is 26.0 Å². The number of phenols is 1. The molecule has 0 bridgehead atoms. The van der Waals surface area contributed by atoms with Gasteiger partial charge in [-0.3, -0.25) is 15.0 Å². The lowest BCUT2D eigenvalue weighted by molar-refractivity contribution is -0.384. The van der Waals surface area contributed by atoms with Gasteiger partial charge >= 0.3 is 6.09 Å². The minimum atomic E-state index is -1.33. The van der Waals surface area contributed by atoms with E-state index in [-0.39, 0.29) is 22.9 Å². The van der Waals surface area contributed by atoms with Crippen LogP contribution in [0, 0.1) is 24.0 Å². The van der Waals surface area contributed by atoms with Crippen molar-refractivity contribution in [2.45, 2.75) is 13.8 Å². The fourth-order valence-electron chi connectivity index (χ4n) is 2.10. The van der Waals surface area contributed by atoms with E-state index < -0.39 is 11.0 Å². The molecular weight excluding hydrogens is 316 g/mol. The van der Waals surface area contributed by atoms with Crippen LogP contribution in [-0.2, 0) is 0 Å². The van der Waals surface area contributed by atoms with Crippen LogP contribution < -0.4 is 9.64 Å². The van der Waals surface area contributed by atoms with E-state index in [4.69, 9.17) is 9.84 Å². The summed E-state index contributed by atoms with van der Waals surface area (Å²) in [7, 11) is 1.21. The quantitative estimate of drug-likeness (QED) is 0.650. The van der Waals surface area contributed by atoms with Gasteiger partial charge in [0.15, 0.2) is 0 Å². The Morgan fingerprint density at radius 2 is 1.88 bits per heavy atom. The fourth-order valence-corrected chi connectivity index (χ4v) is 2.10. The number of rotatable bonds is 4. The maximum absolute atomic E-state index is 11.1. The molecule has 0 saturated heterocycles. The van der Waals surface area contributed by atoms with Crippen molar-refractivity contribution in [1.82, 2.24) is 0 Å². The third kappa shape index (κ3) is 3.37. The Morgan fingerprint density at radius 3 is 2.46 bits per heavy atom. The molecule has 0 fully saturated rings. The Morgan fingerprint density at radius 1 is 1.21 bits per heavy atom. The molecular formula is C16H16N2O6. The van der Waals surface area contributed by atoms with Gasteiger partial charge in [0, 0.05) is 19.2 Å². The molecule has 126 valence electrons. The van der Waals surface area contributed by atoms with Gasteiger partial charge in [-0.05, 0) is 43.2 Å². The predicted molar refractivity (Wildman–Crippen MR) is 87.2 cm³/mol. The molecule has 8 heteroatoms. The average molecular weight is 332 g/mol. The van der Waals surface area contributed by atoms with Crippen LogP contribution in [0.4, 0.5) is 16.2 Å². The van der Waals surface area contributed by atoms with E-state index >= 15 is 0 Å². The minimum absolute atomic E-state index is 0.0989. The van der Waals surface area contributed by atoms with Crippen LogP contribution in [-0.4, -0.2) is 28.3 Å². The summed E-state index contributed by atoms with van der Waals surface area (Å²) in [5, 5.41) is 29.8. The number of nitro benzene ring substituents is 1. The molecule has 0 spiro atoms. The fraction of sp³-hybridized carbons (Fsp3) is 0.188. The van der Waals surface area contributed by atoms with Crippen LogP contribution in [0.5, 0.6) is 17.2 Å². The largest absolute Gasteiger partial charge is 0.508 e. The number of hydrogen-bond acceptors (Lipinski definition) is 5. The normalized spacial score (nSPS) is 10.3. The summed E-state index contributed by atoms with van der Waals surface area (Å²) in [6.07, 6.45) is -1.33. The summed E-state index contributed by atoms with van der Waals surface area (Å²) in [5.74, 6) is 0.842. The zero-order valence-electron chi connectivity index (χ0n) is 13.3. The van der Waals surface area contributed by atoms with Gasteiger partial charge in [-0.2, -0.15) is 0 Å². The molecule has 1 amide bonds. The van der Waals surface area contributed by atoms with Gasteiger partial charge in [-0.15, -0.1) is 0 Å². The number of ether oxygens (including phenoxy) is 1. The average Bonchev–Trinajstić information content (AvgIpc) is 2.51. The van der Waals surface area contributed by atoms with Crippen molar-refractivity contribution in [1.29, 1.82) is 0 Å². The van der Waals surface area contributed by atoms with E-state index in [9.17, 15) is 20.0 Å². The second kappa shape index (κ2) is 6.45. The molecule has 0 aromatic heterocycles. The van der Waals surface area contributed by atoms with Gasteiger partial charge in [-0.1, -0.05) is 0 Å². The first-order chi connectivity index (χ1) is 11.2. The number of phenolic OH excluding ortho intramolecular Hbond substituents is 1. The van der Waals surface area contributed by atoms with Crippen molar-refractivity contribution in [3.05, 3.63) is 51.6 Å². The van der Waals surface area contributed by atoms with Crippen LogP contribution in [0.25, 0.3) is 0 Å². The standard InChI is InChI=1S/C16H16N2O6/c1-9-7-15(10(2)6-14(9)19)24-11-4-5-12(18(22)23)13(8-11)17(3)16(20)21/h4-8,19H,1-3H3,(H,20,21). The number of amides is 1. The summed E-state index contributed by atoms with van der Waals surface area (Å²) in [5.41, 5.74) is 0.842. The molecule has 0 aliphatic carbocycles. The number of aromatic hydroxyl groups is 1. The molecule has 24 heavy (non-hydrogen) atoms. The molecule has 0 radical (unpaired) electrons. The Labute approximate surface area is 137 Å².